The SMILES string of the molecule is CC1(C)CCCNc2c(F)cccc21. The van der Waals surface area contributed by atoms with Gasteiger partial charge in [0.05, 0.1) is 5.69 Å². The number of nitrogens with one attached hydrogen (secondary N) is 1. The summed E-state index contributed by atoms with van der Waals surface area (Å²) < 4.78 is 13.5. The minimum absolute atomic E-state index is 0.0843. The van der Waals surface area contributed by atoms with E-state index in [4.69, 9.17) is 0 Å². The van der Waals surface area contributed by atoms with Gasteiger partial charge in [0.15, 0.2) is 0 Å². The number of anilines is 1. The van der Waals surface area contributed by atoms with Gasteiger partial charge in [-0.25, -0.2) is 4.39 Å². The van der Waals surface area contributed by atoms with Crippen LogP contribution in [0.2, 0.25) is 0 Å². The Labute approximate surface area is 84.3 Å². The zero-order chi connectivity index (χ0) is 10.2. The zero-order valence-electron chi connectivity index (χ0n) is 8.73. The van der Waals surface area contributed by atoms with Crippen molar-refractivity contribution in [3.8, 4) is 0 Å². The average molecular weight is 193 g/mol. The van der Waals surface area contributed by atoms with Gasteiger partial charge < -0.3 is 5.32 Å². The van der Waals surface area contributed by atoms with Crippen molar-refractivity contribution in [2.45, 2.75) is 32.1 Å². The lowest BCUT2D eigenvalue weighted by atomic mass is 9.80. The summed E-state index contributed by atoms with van der Waals surface area (Å²) in [5, 5.41) is 3.17. The summed E-state index contributed by atoms with van der Waals surface area (Å²) in [4.78, 5) is 0. The summed E-state index contributed by atoms with van der Waals surface area (Å²) in [5.74, 6) is -0.127. The van der Waals surface area contributed by atoms with Gasteiger partial charge in [-0.1, -0.05) is 26.0 Å². The molecule has 1 heterocycles. The molecule has 0 bridgehead atoms. The molecule has 0 aromatic heterocycles. The van der Waals surface area contributed by atoms with Gasteiger partial charge in [-0.05, 0) is 29.9 Å². The Kier molecular flexibility index (Phi) is 2.22. The van der Waals surface area contributed by atoms with Gasteiger partial charge in [-0.2, -0.15) is 0 Å². The van der Waals surface area contributed by atoms with Gasteiger partial charge in [0.1, 0.15) is 5.82 Å². The van der Waals surface area contributed by atoms with E-state index in [2.05, 4.69) is 19.2 Å². The van der Waals surface area contributed by atoms with Crippen molar-refractivity contribution < 1.29 is 4.39 Å². The normalized spacial score (nSPS) is 19.4. The molecular weight excluding hydrogens is 177 g/mol. The van der Waals surface area contributed by atoms with Crippen molar-refractivity contribution >= 4 is 5.69 Å². The highest BCUT2D eigenvalue weighted by Crippen LogP contribution is 2.37. The van der Waals surface area contributed by atoms with Crippen LogP contribution in [0.15, 0.2) is 18.2 Å². The van der Waals surface area contributed by atoms with Gasteiger partial charge >= 0.3 is 0 Å². The monoisotopic (exact) mass is 193 g/mol. The smallest absolute Gasteiger partial charge is 0.146 e. The maximum absolute atomic E-state index is 13.5. The van der Waals surface area contributed by atoms with Crippen molar-refractivity contribution in [3.05, 3.63) is 29.6 Å². The zero-order valence-corrected chi connectivity index (χ0v) is 8.73. The molecule has 2 heteroatoms. The van der Waals surface area contributed by atoms with E-state index in [1.807, 2.05) is 6.07 Å². The third-order valence-electron chi connectivity index (χ3n) is 3.02. The minimum atomic E-state index is -0.127. The van der Waals surface area contributed by atoms with Crippen LogP contribution in [0.4, 0.5) is 10.1 Å². The van der Waals surface area contributed by atoms with Crippen LogP contribution in [0, 0.1) is 5.82 Å². The second-order valence-corrected chi connectivity index (χ2v) is 4.58. The molecule has 0 radical (unpaired) electrons. The Hall–Kier alpha value is -1.05. The molecule has 0 spiro atoms. The Morgan fingerprint density at radius 1 is 1.36 bits per heavy atom. The maximum Gasteiger partial charge on any atom is 0.146 e. The Morgan fingerprint density at radius 2 is 2.14 bits per heavy atom. The second-order valence-electron chi connectivity index (χ2n) is 4.58. The molecule has 0 aliphatic carbocycles. The Balaban J connectivity index is 2.56. The van der Waals surface area contributed by atoms with Crippen LogP contribution in [0.3, 0.4) is 0 Å². The Bertz CT molecular complexity index is 344. The van der Waals surface area contributed by atoms with E-state index in [9.17, 15) is 4.39 Å². The molecule has 1 nitrogen and oxygen atoms in total. The van der Waals surface area contributed by atoms with Crippen LogP contribution in [0.25, 0.3) is 0 Å². The van der Waals surface area contributed by atoms with E-state index in [0.29, 0.717) is 5.69 Å². The van der Waals surface area contributed by atoms with Crippen LogP contribution in [0.1, 0.15) is 32.3 Å². The second kappa shape index (κ2) is 3.26. The predicted octanol–water partition coefficient (Wildman–Crippen LogP) is 3.31. The summed E-state index contributed by atoms with van der Waals surface area (Å²) in [7, 11) is 0. The van der Waals surface area contributed by atoms with Crippen LogP contribution >= 0.6 is 0 Å². The quantitative estimate of drug-likeness (QED) is 0.666. The molecule has 76 valence electrons. The molecule has 2 rings (SSSR count). The highest BCUT2D eigenvalue weighted by Gasteiger charge is 2.26. The molecule has 1 aromatic carbocycles. The van der Waals surface area contributed by atoms with E-state index in [1.54, 1.807) is 6.07 Å². The number of rotatable bonds is 0. The average Bonchev–Trinajstić information content (AvgIpc) is 2.27. The van der Waals surface area contributed by atoms with Gasteiger partial charge in [-0.3, -0.25) is 0 Å². The summed E-state index contributed by atoms with van der Waals surface area (Å²) in [6.07, 6.45) is 2.21. The summed E-state index contributed by atoms with van der Waals surface area (Å²) >= 11 is 0. The van der Waals surface area contributed by atoms with Crippen molar-refractivity contribution in [1.82, 2.24) is 0 Å². The fourth-order valence-electron chi connectivity index (χ4n) is 2.15. The van der Waals surface area contributed by atoms with Crippen LogP contribution in [-0.4, -0.2) is 6.54 Å². The molecule has 0 atom stereocenters. The maximum atomic E-state index is 13.5. The van der Waals surface area contributed by atoms with Crippen LogP contribution < -0.4 is 5.32 Å². The van der Waals surface area contributed by atoms with E-state index in [1.165, 1.54) is 6.07 Å². The molecule has 1 aromatic rings. The van der Waals surface area contributed by atoms with Gasteiger partial charge in [-0.15, -0.1) is 0 Å². The van der Waals surface area contributed by atoms with E-state index in [0.717, 1.165) is 24.9 Å². The predicted molar refractivity (Wildman–Crippen MR) is 57.1 cm³/mol. The van der Waals surface area contributed by atoms with Crippen LogP contribution in [-0.2, 0) is 5.41 Å². The van der Waals surface area contributed by atoms with Gasteiger partial charge in [0, 0.05) is 6.54 Å². The van der Waals surface area contributed by atoms with Crippen molar-refractivity contribution in [1.29, 1.82) is 0 Å². The summed E-state index contributed by atoms with van der Waals surface area (Å²) in [6.45, 7) is 5.23. The number of hydrogen-bond donors (Lipinski definition) is 1. The number of para-hydroxylation sites is 1. The topological polar surface area (TPSA) is 12.0 Å². The molecule has 0 amide bonds. The van der Waals surface area contributed by atoms with Gasteiger partial charge in [0.25, 0.3) is 0 Å². The molecule has 0 fully saturated rings. The molecule has 14 heavy (non-hydrogen) atoms. The molecule has 1 N–H and O–H groups in total. The Morgan fingerprint density at radius 3 is 2.93 bits per heavy atom. The lowest BCUT2D eigenvalue weighted by Crippen LogP contribution is -2.16. The highest BCUT2D eigenvalue weighted by molar-refractivity contribution is 5.56. The molecule has 1 aliphatic heterocycles. The van der Waals surface area contributed by atoms with Crippen molar-refractivity contribution in [2.75, 3.05) is 11.9 Å². The fraction of sp³-hybridized carbons (Fsp3) is 0.500. The molecule has 0 saturated carbocycles. The molecule has 0 unspecified atom stereocenters. The van der Waals surface area contributed by atoms with Crippen molar-refractivity contribution in [2.24, 2.45) is 0 Å². The first-order chi connectivity index (χ1) is 6.61. The number of halogens is 1. The minimum Gasteiger partial charge on any atom is -0.382 e. The lowest BCUT2D eigenvalue weighted by Gasteiger charge is -2.24. The first-order valence-corrected chi connectivity index (χ1v) is 5.14. The molecule has 0 saturated heterocycles. The van der Waals surface area contributed by atoms with E-state index in [-0.39, 0.29) is 11.2 Å². The first kappa shape index (κ1) is 9.50. The fourth-order valence-corrected chi connectivity index (χ4v) is 2.15. The lowest BCUT2D eigenvalue weighted by molar-refractivity contribution is 0.477. The third kappa shape index (κ3) is 1.49. The van der Waals surface area contributed by atoms with E-state index >= 15 is 0 Å². The highest BCUT2D eigenvalue weighted by atomic mass is 19.1. The summed E-state index contributed by atoms with van der Waals surface area (Å²) in [6, 6.07) is 5.34. The standard InChI is InChI=1S/C12H16FN/c1-12(2)7-4-8-14-11-9(12)5-3-6-10(11)13/h3,5-6,14H,4,7-8H2,1-2H3. The molecular formula is C12H16FN. The van der Waals surface area contributed by atoms with Crippen molar-refractivity contribution in [3.63, 3.8) is 0 Å². The third-order valence-corrected chi connectivity index (χ3v) is 3.02. The van der Waals surface area contributed by atoms with Gasteiger partial charge in [0.2, 0.25) is 0 Å². The van der Waals surface area contributed by atoms with E-state index < -0.39 is 0 Å². The largest absolute Gasteiger partial charge is 0.382 e. The first-order valence-electron chi connectivity index (χ1n) is 5.14. The number of benzene rings is 1. The van der Waals surface area contributed by atoms with Crippen LogP contribution in [0.5, 0.6) is 0 Å². The number of fused-ring (bicyclic) bond motifs is 1. The number of hydrogen-bond acceptors (Lipinski definition) is 1. The summed E-state index contributed by atoms with van der Waals surface area (Å²) in [5.41, 5.74) is 1.89. The molecule has 1 aliphatic rings.